The van der Waals surface area contributed by atoms with E-state index < -0.39 is 16.0 Å². The van der Waals surface area contributed by atoms with E-state index in [4.69, 9.17) is 10.5 Å². The molecular weight excluding hydrogens is 180 g/mol. The minimum atomic E-state index is -2.23. The lowest BCUT2D eigenvalue weighted by atomic mass is 10.3. The lowest BCUT2D eigenvalue weighted by Crippen LogP contribution is -2.45. The fourth-order valence-corrected chi connectivity index (χ4v) is 1.78. The second kappa shape index (κ2) is 3.14. The molecule has 0 spiro atoms. The van der Waals surface area contributed by atoms with Gasteiger partial charge in [0, 0.05) is 0 Å². The molecule has 2 N–H and O–H groups in total. The second-order valence-corrected chi connectivity index (χ2v) is 3.92. The molecule has 1 saturated heterocycles. The van der Waals surface area contributed by atoms with Crippen molar-refractivity contribution in [2.45, 2.75) is 19.6 Å². The minimum Gasteiger partial charge on any atom is -0.354 e. The molecule has 0 amide bonds. The van der Waals surface area contributed by atoms with Gasteiger partial charge < -0.3 is 10.5 Å². The topological polar surface area (TPSA) is 72.6 Å². The summed E-state index contributed by atoms with van der Waals surface area (Å²) in [4.78, 5) is 1.75. The van der Waals surface area contributed by atoms with Crippen molar-refractivity contribution in [3.63, 3.8) is 0 Å². The zero-order valence-electron chi connectivity index (χ0n) is 7.07. The molecule has 0 aromatic carbocycles. The molecule has 0 unspecified atom stereocenters. The predicted octanol–water partition coefficient (Wildman–Crippen LogP) is -1.02. The Bertz CT molecular complexity index is 299. The quantitative estimate of drug-likeness (QED) is 0.538. The monoisotopic (exact) mass is 192 g/mol. The molecular formula is C6H12N2O3S. The van der Waals surface area contributed by atoms with E-state index in [1.165, 1.54) is 4.90 Å². The molecule has 12 heavy (non-hydrogen) atoms. The first kappa shape index (κ1) is 9.66. The van der Waals surface area contributed by atoms with Crippen LogP contribution in [0, 0.1) is 0 Å². The molecule has 0 bridgehead atoms. The van der Waals surface area contributed by atoms with Crippen molar-refractivity contribution in [3.05, 3.63) is 0 Å². The highest BCUT2D eigenvalue weighted by atomic mass is 32.2. The zero-order valence-corrected chi connectivity index (χ0v) is 7.89. The largest absolute Gasteiger partial charge is 0.354 e. The minimum absolute atomic E-state index is 0.111. The average Bonchev–Trinajstić information content (AvgIpc) is 2.24. The third kappa shape index (κ3) is 1.51. The van der Waals surface area contributed by atoms with Gasteiger partial charge in [-0.05, 0) is 13.8 Å². The Kier molecular flexibility index (Phi) is 2.52. The molecule has 1 aliphatic rings. The number of nitrogens with zero attached hydrogens (tertiary/aromatic N) is 1. The molecule has 1 aliphatic heterocycles. The summed E-state index contributed by atoms with van der Waals surface area (Å²) in [5.74, 6) is 0. The third-order valence-electron chi connectivity index (χ3n) is 1.87. The van der Waals surface area contributed by atoms with Gasteiger partial charge in [0.25, 0.3) is 0 Å². The van der Waals surface area contributed by atoms with Crippen LogP contribution in [0.2, 0.25) is 0 Å². The number of rotatable bonds is 1. The van der Waals surface area contributed by atoms with Crippen molar-refractivity contribution in [2.75, 3.05) is 13.3 Å². The van der Waals surface area contributed by atoms with Crippen molar-refractivity contribution in [3.8, 4) is 0 Å². The van der Waals surface area contributed by atoms with Gasteiger partial charge in [0.05, 0.1) is 13.3 Å². The van der Waals surface area contributed by atoms with Crippen LogP contribution in [-0.2, 0) is 15.0 Å². The van der Waals surface area contributed by atoms with Gasteiger partial charge in [-0.3, -0.25) is 0 Å². The molecule has 0 aromatic rings. The first-order chi connectivity index (χ1) is 5.49. The van der Waals surface area contributed by atoms with E-state index in [-0.39, 0.29) is 18.3 Å². The van der Waals surface area contributed by atoms with Crippen molar-refractivity contribution < 1.29 is 13.2 Å². The summed E-state index contributed by atoms with van der Waals surface area (Å²) in [6.45, 7) is 3.82. The van der Waals surface area contributed by atoms with Gasteiger partial charge in [-0.2, -0.15) is 8.42 Å². The summed E-state index contributed by atoms with van der Waals surface area (Å²) in [6, 6.07) is 0. The SMILES string of the molecule is CC1(C)OCC(=S(=O)=O)N1CN. The molecule has 0 aliphatic carbocycles. The highest BCUT2D eigenvalue weighted by Gasteiger charge is 2.37. The summed E-state index contributed by atoms with van der Waals surface area (Å²) in [6.07, 6.45) is 0. The van der Waals surface area contributed by atoms with Gasteiger partial charge in [0.15, 0.2) is 0 Å². The summed E-state index contributed by atoms with van der Waals surface area (Å²) in [7, 11) is -2.23. The zero-order chi connectivity index (χ0) is 9.35. The molecule has 0 saturated carbocycles. The van der Waals surface area contributed by atoms with Gasteiger partial charge >= 0.3 is 0 Å². The van der Waals surface area contributed by atoms with Crippen molar-refractivity contribution in [1.82, 2.24) is 4.90 Å². The van der Waals surface area contributed by atoms with Crippen LogP contribution < -0.4 is 5.73 Å². The smallest absolute Gasteiger partial charge is 0.231 e. The maximum absolute atomic E-state index is 10.6. The highest BCUT2D eigenvalue weighted by Crippen LogP contribution is 2.21. The van der Waals surface area contributed by atoms with E-state index >= 15 is 0 Å². The van der Waals surface area contributed by atoms with E-state index in [2.05, 4.69) is 0 Å². The van der Waals surface area contributed by atoms with Gasteiger partial charge in [-0.15, -0.1) is 0 Å². The Morgan fingerprint density at radius 3 is 2.58 bits per heavy atom. The Morgan fingerprint density at radius 2 is 2.25 bits per heavy atom. The molecule has 1 fully saturated rings. The Balaban J connectivity index is 3.08. The molecule has 0 aromatic heterocycles. The summed E-state index contributed by atoms with van der Waals surface area (Å²) >= 11 is 0. The maximum Gasteiger partial charge on any atom is 0.231 e. The number of hydrogen-bond acceptors (Lipinski definition) is 4. The summed E-state index contributed by atoms with van der Waals surface area (Å²) in [5, 5.41) is 0. The molecule has 6 heteroatoms. The summed E-state index contributed by atoms with van der Waals surface area (Å²) < 4.78 is 26.5. The Labute approximate surface area is 72.6 Å². The van der Waals surface area contributed by atoms with E-state index in [1.54, 1.807) is 13.8 Å². The Hall–Kier alpha value is -0.430. The van der Waals surface area contributed by atoms with Gasteiger partial charge in [0.2, 0.25) is 10.3 Å². The fraction of sp³-hybridized carbons (Fsp3) is 0.833. The Morgan fingerprint density at radius 1 is 1.67 bits per heavy atom. The molecule has 1 heterocycles. The van der Waals surface area contributed by atoms with E-state index in [9.17, 15) is 8.42 Å². The first-order valence-electron chi connectivity index (χ1n) is 3.56. The number of nitrogens with two attached hydrogens (primary N) is 1. The lowest BCUT2D eigenvalue weighted by Gasteiger charge is -2.27. The van der Waals surface area contributed by atoms with Crippen molar-refractivity contribution in [2.24, 2.45) is 5.73 Å². The first-order valence-corrected chi connectivity index (χ1v) is 4.63. The maximum atomic E-state index is 10.6. The van der Waals surface area contributed by atoms with Gasteiger partial charge in [-0.25, -0.2) is 4.90 Å². The van der Waals surface area contributed by atoms with Crippen LogP contribution in [0.5, 0.6) is 0 Å². The molecule has 0 atom stereocenters. The van der Waals surface area contributed by atoms with Gasteiger partial charge in [-0.1, -0.05) is 0 Å². The molecule has 1 rings (SSSR count). The van der Waals surface area contributed by atoms with Crippen LogP contribution in [0.1, 0.15) is 13.8 Å². The van der Waals surface area contributed by atoms with E-state index in [0.29, 0.717) is 0 Å². The van der Waals surface area contributed by atoms with Gasteiger partial charge in [0.1, 0.15) is 10.7 Å². The lowest BCUT2D eigenvalue weighted by molar-refractivity contribution is -0.0439. The van der Waals surface area contributed by atoms with Crippen LogP contribution in [0.3, 0.4) is 0 Å². The van der Waals surface area contributed by atoms with Crippen LogP contribution >= 0.6 is 0 Å². The van der Waals surface area contributed by atoms with E-state index in [1.807, 2.05) is 0 Å². The fourth-order valence-electron chi connectivity index (χ4n) is 1.15. The van der Waals surface area contributed by atoms with Crippen LogP contribution in [0.4, 0.5) is 0 Å². The van der Waals surface area contributed by atoms with E-state index in [0.717, 1.165) is 0 Å². The van der Waals surface area contributed by atoms with Crippen molar-refractivity contribution in [1.29, 1.82) is 0 Å². The predicted molar refractivity (Wildman–Crippen MR) is 44.9 cm³/mol. The second-order valence-electron chi connectivity index (χ2n) is 2.97. The molecule has 70 valence electrons. The highest BCUT2D eigenvalue weighted by molar-refractivity contribution is 7.72. The van der Waals surface area contributed by atoms with Crippen LogP contribution in [0.25, 0.3) is 0 Å². The normalized spacial score (nSPS) is 23.1. The average molecular weight is 192 g/mol. The molecule has 5 nitrogen and oxygen atoms in total. The van der Waals surface area contributed by atoms with Crippen molar-refractivity contribution >= 4 is 15.3 Å². The summed E-state index contributed by atoms with van der Waals surface area (Å²) in [5.41, 5.74) is 4.78. The standard InChI is InChI=1S/C6H12N2O3S/c1-6(2)8(4-7)5(3-11-6)12(9)10/h3-4,7H2,1-2H3. The van der Waals surface area contributed by atoms with Crippen LogP contribution in [0.15, 0.2) is 0 Å². The molecule has 0 radical (unpaired) electrons. The number of hydrogen-bond donors (Lipinski definition) is 1. The number of ether oxygens (including phenoxy) is 1. The third-order valence-corrected chi connectivity index (χ3v) is 2.60. The van der Waals surface area contributed by atoms with Crippen LogP contribution in [-0.4, -0.2) is 37.3 Å².